The highest BCUT2D eigenvalue weighted by Crippen LogP contribution is 2.34. The lowest BCUT2D eigenvalue weighted by atomic mass is 10.0. The maximum absolute atomic E-state index is 10.1. The molecule has 0 fully saturated rings. The van der Waals surface area contributed by atoms with Gasteiger partial charge >= 0.3 is 0 Å². The van der Waals surface area contributed by atoms with E-state index in [9.17, 15) is 5.11 Å². The van der Waals surface area contributed by atoms with Crippen molar-refractivity contribution in [3.05, 3.63) is 59.7 Å². The zero-order valence-electron chi connectivity index (χ0n) is 11.3. The van der Waals surface area contributed by atoms with Gasteiger partial charge in [0.1, 0.15) is 18.1 Å². The number of hydrogen-bond donors (Lipinski definition) is 1. The van der Waals surface area contributed by atoms with Gasteiger partial charge in [0.25, 0.3) is 0 Å². The zero-order chi connectivity index (χ0) is 13.8. The van der Waals surface area contributed by atoms with Gasteiger partial charge < -0.3 is 14.6 Å². The Balaban J connectivity index is 1.75. The molecule has 1 N–H and O–H groups in total. The molecule has 0 saturated heterocycles. The lowest BCUT2D eigenvalue weighted by Crippen LogP contribution is -1.99. The van der Waals surface area contributed by atoms with Crippen LogP contribution in [0, 0.1) is 0 Å². The van der Waals surface area contributed by atoms with E-state index in [1.165, 1.54) is 0 Å². The fraction of sp³-hybridized carbons (Fsp3) is 0.294. The third-order valence-electron chi connectivity index (χ3n) is 3.47. The maximum atomic E-state index is 10.1. The summed E-state index contributed by atoms with van der Waals surface area (Å²) in [6.07, 6.45) is 1.14. The van der Waals surface area contributed by atoms with Gasteiger partial charge in [-0.1, -0.05) is 30.3 Å². The van der Waals surface area contributed by atoms with Gasteiger partial charge in [-0.05, 0) is 36.6 Å². The van der Waals surface area contributed by atoms with Crippen molar-refractivity contribution in [2.75, 3.05) is 6.61 Å². The van der Waals surface area contributed by atoms with Crippen LogP contribution in [0.5, 0.6) is 11.5 Å². The molecule has 1 heterocycles. The van der Waals surface area contributed by atoms with Crippen LogP contribution in [-0.2, 0) is 6.61 Å². The van der Waals surface area contributed by atoms with E-state index in [1.54, 1.807) is 0 Å². The molecule has 1 atom stereocenters. The number of fused-ring (bicyclic) bond motifs is 1. The van der Waals surface area contributed by atoms with Crippen LogP contribution in [-0.4, -0.2) is 11.7 Å². The molecule has 0 saturated carbocycles. The monoisotopic (exact) mass is 270 g/mol. The zero-order valence-corrected chi connectivity index (χ0v) is 11.3. The Labute approximate surface area is 118 Å². The molecule has 1 aliphatic rings. The van der Waals surface area contributed by atoms with E-state index in [4.69, 9.17) is 9.47 Å². The Hall–Kier alpha value is -2.00. The maximum Gasteiger partial charge on any atom is 0.125 e. The average Bonchev–Trinajstić information content (AvgIpc) is 2.68. The normalized spacial score (nSPS) is 17.8. The summed E-state index contributed by atoms with van der Waals surface area (Å²) in [5, 5.41) is 10.1. The van der Waals surface area contributed by atoms with Gasteiger partial charge in [0.05, 0.1) is 12.7 Å². The Bertz CT molecular complexity index is 566. The minimum atomic E-state index is -0.465. The summed E-state index contributed by atoms with van der Waals surface area (Å²) in [6, 6.07) is 15.7. The summed E-state index contributed by atoms with van der Waals surface area (Å²) in [6.45, 7) is 1.19. The van der Waals surface area contributed by atoms with Crippen LogP contribution >= 0.6 is 0 Å². The van der Waals surface area contributed by atoms with Crippen molar-refractivity contribution in [1.29, 1.82) is 0 Å². The Morgan fingerprint density at radius 3 is 2.85 bits per heavy atom. The summed E-state index contributed by atoms with van der Waals surface area (Å²) in [7, 11) is 0. The van der Waals surface area contributed by atoms with E-state index in [-0.39, 0.29) is 0 Å². The first-order valence-electron chi connectivity index (χ1n) is 6.94. The number of rotatable bonds is 3. The molecule has 0 unspecified atom stereocenters. The van der Waals surface area contributed by atoms with Gasteiger partial charge in [-0.15, -0.1) is 0 Å². The molecule has 0 radical (unpaired) electrons. The first-order valence-corrected chi connectivity index (χ1v) is 6.94. The molecule has 3 nitrogen and oxygen atoms in total. The van der Waals surface area contributed by atoms with Crippen molar-refractivity contribution < 1.29 is 14.6 Å². The van der Waals surface area contributed by atoms with Gasteiger partial charge in [-0.2, -0.15) is 0 Å². The van der Waals surface area contributed by atoms with Crippen molar-refractivity contribution in [3.63, 3.8) is 0 Å². The van der Waals surface area contributed by atoms with Crippen LogP contribution in [0.3, 0.4) is 0 Å². The molecular weight excluding hydrogens is 252 g/mol. The summed E-state index contributed by atoms with van der Waals surface area (Å²) in [4.78, 5) is 0. The van der Waals surface area contributed by atoms with Crippen LogP contribution in [0.2, 0.25) is 0 Å². The fourth-order valence-corrected chi connectivity index (χ4v) is 2.36. The number of aliphatic hydroxyl groups is 1. The summed E-state index contributed by atoms with van der Waals surface area (Å²) in [5.41, 5.74) is 1.95. The van der Waals surface area contributed by atoms with E-state index in [0.29, 0.717) is 13.2 Å². The molecule has 104 valence electrons. The van der Waals surface area contributed by atoms with Crippen LogP contribution in [0.4, 0.5) is 0 Å². The van der Waals surface area contributed by atoms with Gasteiger partial charge in [-0.3, -0.25) is 0 Å². The van der Waals surface area contributed by atoms with E-state index >= 15 is 0 Å². The molecule has 2 aromatic rings. The Kier molecular flexibility index (Phi) is 3.88. The lowest BCUT2D eigenvalue weighted by molar-refractivity contribution is 0.167. The first kappa shape index (κ1) is 13.0. The van der Waals surface area contributed by atoms with Gasteiger partial charge in [0.2, 0.25) is 0 Å². The molecule has 20 heavy (non-hydrogen) atoms. The smallest absolute Gasteiger partial charge is 0.125 e. The molecule has 3 heteroatoms. The average molecular weight is 270 g/mol. The first-order chi connectivity index (χ1) is 9.83. The summed E-state index contributed by atoms with van der Waals surface area (Å²) < 4.78 is 11.4. The van der Waals surface area contributed by atoms with E-state index in [0.717, 1.165) is 35.5 Å². The predicted molar refractivity (Wildman–Crippen MR) is 76.9 cm³/mol. The van der Waals surface area contributed by atoms with Crippen LogP contribution in [0.1, 0.15) is 30.1 Å². The predicted octanol–water partition coefficient (Wildman–Crippen LogP) is 3.47. The second-order valence-electron chi connectivity index (χ2n) is 4.98. The van der Waals surface area contributed by atoms with E-state index in [1.807, 2.05) is 48.5 Å². The summed E-state index contributed by atoms with van der Waals surface area (Å²) in [5.74, 6) is 1.53. The van der Waals surface area contributed by atoms with Crippen molar-refractivity contribution in [3.8, 4) is 11.5 Å². The highest BCUT2D eigenvalue weighted by Gasteiger charge is 2.18. The van der Waals surface area contributed by atoms with Crippen molar-refractivity contribution >= 4 is 0 Å². The summed E-state index contributed by atoms with van der Waals surface area (Å²) >= 11 is 0. The molecule has 3 rings (SSSR count). The fourth-order valence-electron chi connectivity index (χ4n) is 2.36. The molecule has 2 aromatic carbocycles. The van der Waals surface area contributed by atoms with Gasteiger partial charge in [0, 0.05) is 5.56 Å². The minimum Gasteiger partial charge on any atom is -0.493 e. The molecule has 0 bridgehead atoms. The van der Waals surface area contributed by atoms with Gasteiger partial charge in [-0.25, -0.2) is 0 Å². The lowest BCUT2D eigenvalue weighted by Gasteiger charge is -2.13. The second kappa shape index (κ2) is 5.97. The molecule has 0 aromatic heterocycles. The third kappa shape index (κ3) is 2.94. The quantitative estimate of drug-likeness (QED) is 0.928. The van der Waals surface area contributed by atoms with E-state index in [2.05, 4.69) is 0 Å². The standard InChI is InChI=1S/C17H18O3/c18-16-7-4-10-19-17-9-8-14(11-15(16)17)20-12-13-5-2-1-3-6-13/h1-3,5-6,8-9,11,16,18H,4,7,10,12H2/t16-/m1/s1. The SMILES string of the molecule is O[C@@H]1CCCOc2ccc(OCc3ccccc3)cc21. The molecule has 0 spiro atoms. The van der Waals surface area contributed by atoms with Crippen molar-refractivity contribution in [2.24, 2.45) is 0 Å². The van der Waals surface area contributed by atoms with Crippen molar-refractivity contribution in [1.82, 2.24) is 0 Å². The highest BCUT2D eigenvalue weighted by molar-refractivity contribution is 5.42. The van der Waals surface area contributed by atoms with Crippen LogP contribution in [0.25, 0.3) is 0 Å². The number of hydrogen-bond acceptors (Lipinski definition) is 3. The molecule has 0 amide bonds. The van der Waals surface area contributed by atoms with Crippen LogP contribution in [0.15, 0.2) is 48.5 Å². The number of benzene rings is 2. The number of ether oxygens (including phenoxy) is 2. The highest BCUT2D eigenvalue weighted by atomic mass is 16.5. The largest absolute Gasteiger partial charge is 0.493 e. The Morgan fingerprint density at radius 2 is 2.00 bits per heavy atom. The van der Waals surface area contributed by atoms with Crippen molar-refractivity contribution in [2.45, 2.75) is 25.6 Å². The molecule has 1 aliphatic heterocycles. The molecule has 0 aliphatic carbocycles. The van der Waals surface area contributed by atoms with Crippen LogP contribution < -0.4 is 9.47 Å². The minimum absolute atomic E-state index is 0.465. The molecular formula is C17H18O3. The third-order valence-corrected chi connectivity index (χ3v) is 3.47. The van der Waals surface area contributed by atoms with Gasteiger partial charge in [0.15, 0.2) is 0 Å². The number of aliphatic hydroxyl groups excluding tert-OH is 1. The topological polar surface area (TPSA) is 38.7 Å². The van der Waals surface area contributed by atoms with E-state index < -0.39 is 6.10 Å². The Morgan fingerprint density at radius 1 is 1.15 bits per heavy atom. The second-order valence-corrected chi connectivity index (χ2v) is 4.98.